The summed E-state index contributed by atoms with van der Waals surface area (Å²) in [4.78, 5) is 6.95. The molecule has 14 aromatic rings. The average molecular weight is 998 g/mol. The minimum Gasteiger partial charge on any atom is -0.456 e. The average Bonchev–Trinajstić information content (AvgIpc) is 4.32. The topological polar surface area (TPSA) is 36.0 Å². The molecule has 0 amide bonds. The lowest BCUT2D eigenvalue weighted by atomic mass is 9.70. The highest BCUT2D eigenvalue weighted by Gasteiger charge is 2.51. The lowest BCUT2D eigenvalue weighted by Crippen LogP contribution is -2.25. The fourth-order valence-corrected chi connectivity index (χ4v) is 12.9. The summed E-state index contributed by atoms with van der Waals surface area (Å²) in [7, 11) is 0. The summed E-state index contributed by atoms with van der Waals surface area (Å²) in [6.07, 6.45) is 0. The van der Waals surface area contributed by atoms with Crippen molar-refractivity contribution in [2.45, 2.75) is 5.41 Å². The molecule has 0 bridgehead atoms. The second-order valence-corrected chi connectivity index (χ2v) is 20.4. The van der Waals surface area contributed by atoms with Gasteiger partial charge in [0.25, 0.3) is 0 Å². The molecular weight excluding hydrogens is 951 g/mol. The van der Waals surface area contributed by atoms with Crippen molar-refractivity contribution in [2.75, 3.05) is 14.7 Å². The quantitative estimate of drug-likeness (QED) is 0.144. The van der Waals surface area contributed by atoms with Crippen LogP contribution in [0.3, 0.4) is 0 Å². The van der Waals surface area contributed by atoms with Crippen LogP contribution in [0.15, 0.2) is 294 Å². The Balaban J connectivity index is 0.790. The van der Waals surface area contributed by atoms with Gasteiger partial charge in [0.15, 0.2) is 0 Å². The highest BCUT2D eigenvalue weighted by Crippen LogP contribution is 2.63. The van der Waals surface area contributed by atoms with Crippen molar-refractivity contribution in [3.63, 3.8) is 0 Å². The number of anilines is 9. The Morgan fingerprint density at radius 3 is 0.936 bits per heavy atom. The molecule has 2 aliphatic carbocycles. The molecule has 0 unspecified atom stereocenters. The molecule has 0 atom stereocenters. The zero-order chi connectivity index (χ0) is 51.3. The zero-order valence-electron chi connectivity index (χ0n) is 42.3. The van der Waals surface area contributed by atoms with Crippen LogP contribution in [0.2, 0.25) is 0 Å². The van der Waals surface area contributed by atoms with Crippen LogP contribution in [0.1, 0.15) is 22.3 Å². The summed E-state index contributed by atoms with van der Waals surface area (Å²) < 4.78 is 13.5. The van der Waals surface area contributed by atoms with E-state index in [1.165, 1.54) is 44.5 Å². The van der Waals surface area contributed by atoms with E-state index in [0.29, 0.717) is 0 Å². The van der Waals surface area contributed by atoms with E-state index in [-0.39, 0.29) is 0 Å². The Hall–Kier alpha value is -10.4. The molecule has 366 valence electrons. The third kappa shape index (κ3) is 6.61. The predicted molar refractivity (Wildman–Crippen MR) is 321 cm³/mol. The van der Waals surface area contributed by atoms with Gasteiger partial charge in [-0.15, -0.1) is 0 Å². The van der Waals surface area contributed by atoms with Crippen molar-refractivity contribution in [3.8, 4) is 22.3 Å². The van der Waals surface area contributed by atoms with Gasteiger partial charge in [-0.1, -0.05) is 152 Å². The van der Waals surface area contributed by atoms with Gasteiger partial charge in [-0.2, -0.15) is 0 Å². The highest BCUT2D eigenvalue weighted by atomic mass is 16.3. The van der Waals surface area contributed by atoms with E-state index in [0.717, 1.165) is 95.1 Å². The monoisotopic (exact) mass is 997 g/mol. The van der Waals surface area contributed by atoms with E-state index in [1.807, 2.05) is 12.1 Å². The van der Waals surface area contributed by atoms with Gasteiger partial charge < -0.3 is 23.5 Å². The van der Waals surface area contributed by atoms with Gasteiger partial charge in [0.05, 0.1) is 5.41 Å². The Bertz CT molecular complexity index is 4560. The van der Waals surface area contributed by atoms with Crippen LogP contribution in [-0.2, 0) is 5.41 Å². The molecule has 16 rings (SSSR count). The third-order valence-corrected chi connectivity index (χ3v) is 16.2. The molecule has 78 heavy (non-hydrogen) atoms. The first-order valence-electron chi connectivity index (χ1n) is 26.6. The van der Waals surface area contributed by atoms with Crippen molar-refractivity contribution in [3.05, 3.63) is 307 Å². The number of fused-ring (bicyclic) bond motifs is 16. The smallest absolute Gasteiger partial charge is 0.137 e. The van der Waals surface area contributed by atoms with Gasteiger partial charge in [-0.25, -0.2) is 0 Å². The van der Waals surface area contributed by atoms with E-state index < -0.39 is 5.41 Å². The third-order valence-electron chi connectivity index (χ3n) is 16.2. The summed E-state index contributed by atoms with van der Waals surface area (Å²) in [5, 5.41) is 4.20. The van der Waals surface area contributed by atoms with Crippen molar-refractivity contribution < 1.29 is 8.83 Å². The number of benzene rings is 12. The van der Waals surface area contributed by atoms with Crippen LogP contribution in [-0.4, -0.2) is 0 Å². The van der Waals surface area contributed by atoms with E-state index in [1.54, 1.807) is 0 Å². The standard InChI is InChI=1S/C73H47N3O2/c1-5-19-48(20-6-1)74(49-21-7-2-8-22-49)55-33-38-60-63-44-53(36-41-69(63)77-71(60)46-55)75(50-23-9-3-10-24-50)54-37-42-70-64(45-54)61-39-34-56(47-72(61)78-70)76(51-25-11-4-12-26-51)52-35-40-68-62(43-52)59-29-15-18-32-67(59)73(68)65-30-16-13-27-57(65)58-28-14-17-31-66(58)73/h1-47H. The fraction of sp³-hybridized carbons (Fsp3) is 0.0137. The van der Waals surface area contributed by atoms with Crippen molar-refractivity contribution >= 4 is 95.1 Å². The van der Waals surface area contributed by atoms with Crippen LogP contribution in [0, 0.1) is 0 Å². The van der Waals surface area contributed by atoms with Crippen LogP contribution in [0.4, 0.5) is 51.2 Å². The molecule has 0 saturated heterocycles. The van der Waals surface area contributed by atoms with Gasteiger partial charge >= 0.3 is 0 Å². The van der Waals surface area contributed by atoms with Gasteiger partial charge in [0.1, 0.15) is 22.3 Å². The Morgan fingerprint density at radius 1 is 0.205 bits per heavy atom. The van der Waals surface area contributed by atoms with Crippen LogP contribution in [0.5, 0.6) is 0 Å². The van der Waals surface area contributed by atoms with E-state index in [9.17, 15) is 0 Å². The SMILES string of the molecule is c1ccc(N(c2ccccc2)c2ccc3c(c2)oc2ccc(N(c4ccccc4)c4ccc5oc6cc(N(c7ccccc7)c7ccc8c(c7)-c7ccccc7C87c8ccccc8-c8ccccc87)ccc6c5c4)cc23)cc1. The molecule has 2 aromatic heterocycles. The number of para-hydroxylation sites is 4. The lowest BCUT2D eigenvalue weighted by molar-refractivity contribution is 0.668. The molecule has 2 heterocycles. The number of rotatable bonds is 9. The highest BCUT2D eigenvalue weighted by molar-refractivity contribution is 6.10. The Morgan fingerprint density at radius 2 is 0.513 bits per heavy atom. The van der Waals surface area contributed by atoms with Crippen LogP contribution in [0.25, 0.3) is 66.1 Å². The minimum atomic E-state index is -0.406. The molecule has 0 aliphatic heterocycles. The molecular formula is C73H47N3O2. The van der Waals surface area contributed by atoms with Crippen molar-refractivity contribution in [2.24, 2.45) is 0 Å². The fourth-order valence-electron chi connectivity index (χ4n) is 12.9. The number of furan rings is 2. The lowest BCUT2D eigenvalue weighted by Gasteiger charge is -2.31. The van der Waals surface area contributed by atoms with Gasteiger partial charge in [-0.3, -0.25) is 0 Å². The molecule has 0 saturated carbocycles. The molecule has 5 heteroatoms. The van der Waals surface area contributed by atoms with Crippen LogP contribution < -0.4 is 14.7 Å². The van der Waals surface area contributed by atoms with Gasteiger partial charge in [-0.05, 0) is 166 Å². The molecule has 0 N–H and O–H groups in total. The predicted octanol–water partition coefficient (Wildman–Crippen LogP) is 20.2. The molecule has 1 spiro atoms. The molecule has 0 fully saturated rings. The van der Waals surface area contributed by atoms with E-state index >= 15 is 0 Å². The van der Waals surface area contributed by atoms with E-state index in [2.05, 4.69) is 288 Å². The van der Waals surface area contributed by atoms with Crippen molar-refractivity contribution in [1.29, 1.82) is 0 Å². The summed E-state index contributed by atoms with van der Waals surface area (Å²) in [6, 6.07) is 103. The molecule has 2 aliphatic rings. The maximum atomic E-state index is 6.83. The number of nitrogens with zero attached hydrogens (tertiary/aromatic N) is 3. The molecule has 12 aromatic carbocycles. The first-order valence-corrected chi connectivity index (χ1v) is 26.6. The normalized spacial score (nSPS) is 12.7. The number of hydrogen-bond acceptors (Lipinski definition) is 5. The maximum Gasteiger partial charge on any atom is 0.137 e. The van der Waals surface area contributed by atoms with E-state index in [4.69, 9.17) is 8.83 Å². The maximum absolute atomic E-state index is 6.83. The Labute approximate surface area is 451 Å². The minimum absolute atomic E-state index is 0.406. The second-order valence-electron chi connectivity index (χ2n) is 20.4. The molecule has 0 radical (unpaired) electrons. The summed E-state index contributed by atoms with van der Waals surface area (Å²) in [5.74, 6) is 0. The first kappa shape index (κ1) is 44.0. The van der Waals surface area contributed by atoms with Gasteiger partial charge in [0, 0.05) is 84.9 Å². The summed E-state index contributed by atoms with van der Waals surface area (Å²) in [6.45, 7) is 0. The molecule has 5 nitrogen and oxygen atoms in total. The van der Waals surface area contributed by atoms with Gasteiger partial charge in [0.2, 0.25) is 0 Å². The summed E-state index contributed by atoms with van der Waals surface area (Å²) >= 11 is 0. The largest absolute Gasteiger partial charge is 0.456 e. The second kappa shape index (κ2) is 17.4. The number of hydrogen-bond donors (Lipinski definition) is 0. The first-order chi connectivity index (χ1) is 38.7. The van der Waals surface area contributed by atoms with Crippen molar-refractivity contribution in [1.82, 2.24) is 0 Å². The Kier molecular flexibility index (Phi) is 9.78. The summed E-state index contributed by atoms with van der Waals surface area (Å²) in [5.41, 5.74) is 22.8. The zero-order valence-corrected chi connectivity index (χ0v) is 42.3. The van der Waals surface area contributed by atoms with Crippen LogP contribution >= 0.6 is 0 Å².